The number of aromatic nitrogens is 1. The first kappa shape index (κ1) is 29.3. The van der Waals surface area contributed by atoms with Gasteiger partial charge in [-0.25, -0.2) is 0 Å². The number of fused-ring (bicyclic) bond motifs is 1. The quantitative estimate of drug-likeness (QED) is 0.181. The van der Waals surface area contributed by atoms with E-state index >= 15 is 0 Å². The fraction of sp³-hybridized carbons (Fsp3) is 0.452. The lowest BCUT2D eigenvalue weighted by Crippen LogP contribution is -2.50. The van der Waals surface area contributed by atoms with Gasteiger partial charge in [0, 0.05) is 22.8 Å². The molecule has 1 fully saturated rings. The Balaban J connectivity index is 1.38. The van der Waals surface area contributed by atoms with Crippen molar-refractivity contribution in [1.82, 2.24) is 10.3 Å². The van der Waals surface area contributed by atoms with Crippen LogP contribution in [0.4, 0.5) is 5.69 Å². The summed E-state index contributed by atoms with van der Waals surface area (Å²) >= 11 is 0. The summed E-state index contributed by atoms with van der Waals surface area (Å²) in [5.41, 5.74) is 20.8. The number of nitrogens with one attached hydrogen (secondary N) is 3. The van der Waals surface area contributed by atoms with Gasteiger partial charge < -0.3 is 32.8 Å². The third-order valence-electron chi connectivity index (χ3n) is 8.13. The second-order valence-corrected chi connectivity index (χ2v) is 11.1. The van der Waals surface area contributed by atoms with Crippen LogP contribution in [0.3, 0.4) is 0 Å². The van der Waals surface area contributed by atoms with E-state index in [4.69, 9.17) is 17.2 Å². The average Bonchev–Trinajstić information content (AvgIpc) is 3.36. The van der Waals surface area contributed by atoms with Gasteiger partial charge in [0.2, 0.25) is 17.7 Å². The predicted octanol–water partition coefficient (Wildman–Crippen LogP) is 3.27. The molecule has 214 valence electrons. The third-order valence-corrected chi connectivity index (χ3v) is 8.13. The van der Waals surface area contributed by atoms with E-state index in [9.17, 15) is 14.4 Å². The molecule has 0 spiro atoms. The van der Waals surface area contributed by atoms with Crippen LogP contribution in [0.5, 0.6) is 0 Å². The minimum absolute atomic E-state index is 0.233. The van der Waals surface area contributed by atoms with E-state index in [1.165, 1.54) is 0 Å². The zero-order valence-corrected chi connectivity index (χ0v) is 23.1. The van der Waals surface area contributed by atoms with Crippen molar-refractivity contribution < 1.29 is 14.4 Å². The van der Waals surface area contributed by atoms with Gasteiger partial charge in [-0.05, 0) is 80.8 Å². The Hall–Kier alpha value is -3.69. The number of carbonyl (C=O) groups is 3. The molecule has 1 unspecified atom stereocenters. The Morgan fingerprint density at radius 2 is 1.68 bits per heavy atom. The highest BCUT2D eigenvalue weighted by Crippen LogP contribution is 2.39. The van der Waals surface area contributed by atoms with E-state index in [1.54, 1.807) is 0 Å². The van der Waals surface area contributed by atoms with Gasteiger partial charge in [0.25, 0.3) is 0 Å². The van der Waals surface area contributed by atoms with Crippen LogP contribution in [-0.4, -0.2) is 41.3 Å². The minimum Gasteiger partial charge on any atom is -0.369 e. The highest BCUT2D eigenvalue weighted by molar-refractivity contribution is 5.98. The van der Waals surface area contributed by atoms with Gasteiger partial charge in [-0.15, -0.1) is 0 Å². The zero-order chi connectivity index (χ0) is 28.5. The molecule has 3 amide bonds. The topological polar surface area (TPSA) is 169 Å². The molecule has 2 atom stereocenters. The molecule has 0 radical (unpaired) electrons. The minimum atomic E-state index is -0.805. The number of para-hydroxylation sites is 1. The summed E-state index contributed by atoms with van der Waals surface area (Å²) in [5, 5.41) is 6.81. The molecular formula is C31H42N6O3. The SMILES string of the molecule is NCCCCC(NC(=O)[C@@H](N)Cc1c[nH]c2ccccc12)C(=O)Nc1ccc(CC2(C(N)=O)CCCCC2)cc1. The highest BCUT2D eigenvalue weighted by atomic mass is 16.2. The molecular weight excluding hydrogens is 504 g/mol. The number of primary amides is 1. The summed E-state index contributed by atoms with van der Waals surface area (Å²) in [6.07, 6.45) is 9.50. The molecule has 3 aromatic rings. The van der Waals surface area contributed by atoms with Crippen LogP contribution in [0.1, 0.15) is 62.5 Å². The fourth-order valence-electron chi connectivity index (χ4n) is 5.74. The first-order valence-corrected chi connectivity index (χ1v) is 14.3. The van der Waals surface area contributed by atoms with E-state index < -0.39 is 17.5 Å². The van der Waals surface area contributed by atoms with Gasteiger partial charge in [-0.1, -0.05) is 49.6 Å². The van der Waals surface area contributed by atoms with Crippen LogP contribution >= 0.6 is 0 Å². The van der Waals surface area contributed by atoms with Crippen LogP contribution < -0.4 is 27.8 Å². The summed E-state index contributed by atoms with van der Waals surface area (Å²) in [7, 11) is 0. The summed E-state index contributed by atoms with van der Waals surface area (Å²) in [4.78, 5) is 41.7. The number of unbranched alkanes of at least 4 members (excludes halogenated alkanes) is 1. The molecule has 0 bridgehead atoms. The van der Waals surface area contributed by atoms with E-state index in [2.05, 4.69) is 15.6 Å². The Morgan fingerprint density at radius 3 is 2.38 bits per heavy atom. The lowest BCUT2D eigenvalue weighted by Gasteiger charge is -2.34. The molecule has 9 heteroatoms. The number of rotatable bonds is 13. The van der Waals surface area contributed by atoms with Crippen molar-refractivity contribution >= 4 is 34.3 Å². The number of H-pyrrole nitrogens is 1. The van der Waals surface area contributed by atoms with Crippen LogP contribution in [0.15, 0.2) is 54.7 Å². The number of aromatic amines is 1. The normalized spacial score (nSPS) is 16.2. The molecule has 9 N–H and O–H groups in total. The van der Waals surface area contributed by atoms with Crippen LogP contribution in [0.2, 0.25) is 0 Å². The Labute approximate surface area is 235 Å². The summed E-state index contributed by atoms with van der Waals surface area (Å²) in [6.45, 7) is 0.511. The van der Waals surface area contributed by atoms with Gasteiger partial charge in [0.15, 0.2) is 0 Å². The smallest absolute Gasteiger partial charge is 0.246 e. The molecule has 1 aromatic heterocycles. The molecule has 1 saturated carbocycles. The van der Waals surface area contributed by atoms with Gasteiger partial charge in [-0.2, -0.15) is 0 Å². The Morgan fingerprint density at radius 1 is 0.950 bits per heavy atom. The molecule has 0 saturated heterocycles. The maximum absolute atomic E-state index is 13.2. The van der Waals surface area contributed by atoms with Gasteiger partial charge in [0.1, 0.15) is 6.04 Å². The highest BCUT2D eigenvalue weighted by Gasteiger charge is 2.37. The largest absolute Gasteiger partial charge is 0.369 e. The van der Waals surface area contributed by atoms with Gasteiger partial charge >= 0.3 is 0 Å². The van der Waals surface area contributed by atoms with Crippen molar-refractivity contribution in [2.75, 3.05) is 11.9 Å². The summed E-state index contributed by atoms with van der Waals surface area (Å²) in [5.74, 6) is -0.917. The second-order valence-electron chi connectivity index (χ2n) is 11.1. The number of hydrogen-bond donors (Lipinski definition) is 6. The van der Waals surface area contributed by atoms with Crippen LogP contribution in [0.25, 0.3) is 10.9 Å². The van der Waals surface area contributed by atoms with E-state index in [0.29, 0.717) is 37.9 Å². The van der Waals surface area contributed by atoms with Crippen molar-refractivity contribution in [1.29, 1.82) is 0 Å². The van der Waals surface area contributed by atoms with Crippen molar-refractivity contribution in [2.24, 2.45) is 22.6 Å². The summed E-state index contributed by atoms with van der Waals surface area (Å²) in [6, 6.07) is 13.8. The summed E-state index contributed by atoms with van der Waals surface area (Å²) < 4.78 is 0. The first-order valence-electron chi connectivity index (χ1n) is 14.3. The monoisotopic (exact) mass is 546 g/mol. The maximum Gasteiger partial charge on any atom is 0.246 e. The number of hydrogen-bond acceptors (Lipinski definition) is 5. The standard InChI is InChI=1S/C31H42N6O3/c32-17-7-4-10-27(37-28(38)25(33)18-22-20-35-26-9-3-2-8-24(22)26)29(39)36-23-13-11-21(12-14-23)19-31(30(34)40)15-5-1-6-16-31/h2-3,8-9,11-14,20,25,27,35H,1,4-7,10,15-19,32-33H2,(H2,34,40)(H,36,39)(H,37,38)/t25-,27?/m0/s1. The van der Waals surface area contributed by atoms with Crippen molar-refractivity contribution in [3.05, 3.63) is 65.9 Å². The third kappa shape index (κ3) is 7.28. The Kier molecular flexibility index (Phi) is 9.95. The molecule has 1 heterocycles. The number of nitrogens with two attached hydrogens (primary N) is 3. The first-order chi connectivity index (χ1) is 19.3. The molecule has 2 aromatic carbocycles. The lowest BCUT2D eigenvalue weighted by molar-refractivity contribution is -0.129. The van der Waals surface area contributed by atoms with Gasteiger partial charge in [0.05, 0.1) is 11.5 Å². The second kappa shape index (κ2) is 13.6. The van der Waals surface area contributed by atoms with E-state index in [1.807, 2.05) is 54.7 Å². The number of benzene rings is 2. The van der Waals surface area contributed by atoms with E-state index in [-0.39, 0.29) is 17.7 Å². The van der Waals surface area contributed by atoms with Crippen molar-refractivity contribution in [3.8, 4) is 0 Å². The number of amides is 3. The molecule has 0 aliphatic heterocycles. The number of carbonyl (C=O) groups excluding carboxylic acids is 3. The molecule has 1 aliphatic rings. The van der Waals surface area contributed by atoms with Crippen LogP contribution in [0, 0.1) is 5.41 Å². The fourth-order valence-corrected chi connectivity index (χ4v) is 5.74. The van der Waals surface area contributed by atoms with Crippen molar-refractivity contribution in [2.45, 2.75) is 76.3 Å². The maximum atomic E-state index is 13.2. The predicted molar refractivity (Wildman–Crippen MR) is 158 cm³/mol. The lowest BCUT2D eigenvalue weighted by atomic mass is 9.70. The van der Waals surface area contributed by atoms with Crippen LogP contribution in [-0.2, 0) is 27.2 Å². The Bertz CT molecular complexity index is 1300. The zero-order valence-electron chi connectivity index (χ0n) is 23.1. The molecule has 9 nitrogen and oxygen atoms in total. The van der Waals surface area contributed by atoms with Gasteiger partial charge in [-0.3, -0.25) is 14.4 Å². The molecule has 40 heavy (non-hydrogen) atoms. The number of anilines is 1. The average molecular weight is 547 g/mol. The molecule has 1 aliphatic carbocycles. The van der Waals surface area contributed by atoms with Crippen molar-refractivity contribution in [3.63, 3.8) is 0 Å². The molecule has 4 rings (SSSR count). The van der Waals surface area contributed by atoms with E-state index in [0.717, 1.165) is 60.6 Å².